The van der Waals surface area contributed by atoms with Crippen molar-refractivity contribution < 1.29 is 9.59 Å². The van der Waals surface area contributed by atoms with E-state index < -0.39 is 0 Å². The maximum Gasteiger partial charge on any atom is 0.230 e. The molecule has 0 aliphatic heterocycles. The number of carbonyl (C=O) groups is 2. The molecule has 18 heavy (non-hydrogen) atoms. The second-order valence-electron chi connectivity index (χ2n) is 3.55. The van der Waals surface area contributed by atoms with Crippen molar-refractivity contribution in [2.45, 2.75) is 31.0 Å². The second-order valence-corrected chi connectivity index (χ2v) is 5.75. The van der Waals surface area contributed by atoms with Gasteiger partial charge < -0.3 is 10.6 Å². The minimum atomic E-state index is -0.181. The van der Waals surface area contributed by atoms with E-state index in [0.717, 1.165) is 12.8 Å². The zero-order valence-electron chi connectivity index (χ0n) is 10.4. The van der Waals surface area contributed by atoms with Crippen LogP contribution in [0.15, 0.2) is 4.34 Å². The summed E-state index contributed by atoms with van der Waals surface area (Å²) in [7, 11) is 0. The number of amides is 2. The summed E-state index contributed by atoms with van der Waals surface area (Å²) >= 11 is 2.58. The Morgan fingerprint density at radius 2 is 2.17 bits per heavy atom. The molecule has 0 saturated heterocycles. The maximum absolute atomic E-state index is 11.4. The molecule has 0 atom stereocenters. The van der Waals surface area contributed by atoms with Gasteiger partial charge in [-0.05, 0) is 6.42 Å². The smallest absolute Gasteiger partial charge is 0.230 e. The molecule has 100 valence electrons. The van der Waals surface area contributed by atoms with Crippen molar-refractivity contribution >= 4 is 40.0 Å². The first-order chi connectivity index (χ1) is 8.61. The summed E-state index contributed by atoms with van der Waals surface area (Å²) in [5.41, 5.74) is 0. The van der Waals surface area contributed by atoms with Crippen LogP contribution in [0.4, 0.5) is 5.13 Å². The minimum Gasteiger partial charge on any atom is -0.355 e. The Labute approximate surface area is 114 Å². The molecular formula is C10H16N4O2S2. The highest BCUT2D eigenvalue weighted by molar-refractivity contribution is 8.01. The molecule has 0 aromatic carbocycles. The van der Waals surface area contributed by atoms with Crippen molar-refractivity contribution in [1.82, 2.24) is 15.5 Å². The van der Waals surface area contributed by atoms with Gasteiger partial charge in [-0.1, -0.05) is 36.4 Å². The van der Waals surface area contributed by atoms with E-state index >= 15 is 0 Å². The third kappa shape index (κ3) is 5.97. The molecule has 8 heteroatoms. The number of hydrogen-bond acceptors (Lipinski definition) is 6. The van der Waals surface area contributed by atoms with Crippen molar-refractivity contribution in [3.63, 3.8) is 0 Å². The first-order valence-electron chi connectivity index (χ1n) is 5.62. The van der Waals surface area contributed by atoms with Gasteiger partial charge in [-0.25, -0.2) is 0 Å². The van der Waals surface area contributed by atoms with E-state index in [1.54, 1.807) is 0 Å². The van der Waals surface area contributed by atoms with E-state index in [2.05, 4.69) is 27.8 Å². The van der Waals surface area contributed by atoms with Crippen molar-refractivity contribution in [3.05, 3.63) is 0 Å². The molecular weight excluding hydrogens is 272 g/mol. The fraction of sp³-hybridized carbons (Fsp3) is 0.600. The van der Waals surface area contributed by atoms with Crippen LogP contribution in [0, 0.1) is 0 Å². The van der Waals surface area contributed by atoms with Gasteiger partial charge in [0.05, 0.1) is 5.75 Å². The summed E-state index contributed by atoms with van der Waals surface area (Å²) in [6, 6.07) is 0. The largest absolute Gasteiger partial charge is 0.355 e. The number of nitrogens with zero attached hydrogens (tertiary/aromatic N) is 2. The number of anilines is 1. The molecule has 2 amide bonds. The Morgan fingerprint density at radius 3 is 2.83 bits per heavy atom. The zero-order chi connectivity index (χ0) is 13.4. The van der Waals surface area contributed by atoms with Crippen LogP contribution in [-0.2, 0) is 9.59 Å². The molecule has 0 bridgehead atoms. The first kappa shape index (κ1) is 14.9. The normalized spacial score (nSPS) is 10.1. The summed E-state index contributed by atoms with van der Waals surface area (Å²) in [6.07, 6.45) is 2.05. The van der Waals surface area contributed by atoms with Crippen LogP contribution in [0.25, 0.3) is 0 Å². The fourth-order valence-corrected chi connectivity index (χ4v) is 2.68. The van der Waals surface area contributed by atoms with Crippen LogP contribution in [0.2, 0.25) is 0 Å². The zero-order valence-corrected chi connectivity index (χ0v) is 12.0. The molecule has 2 N–H and O–H groups in total. The van der Waals surface area contributed by atoms with E-state index in [-0.39, 0.29) is 11.8 Å². The number of rotatable bonds is 7. The second kappa shape index (κ2) is 8.04. The number of unbranched alkanes of at least 4 members (excludes halogenated alkanes) is 1. The van der Waals surface area contributed by atoms with Crippen molar-refractivity contribution in [3.8, 4) is 0 Å². The van der Waals surface area contributed by atoms with Crippen LogP contribution >= 0.6 is 23.1 Å². The summed E-state index contributed by atoms with van der Waals surface area (Å²) in [4.78, 5) is 22.2. The average Bonchev–Trinajstić information content (AvgIpc) is 2.73. The van der Waals surface area contributed by atoms with Gasteiger partial charge in [0.25, 0.3) is 0 Å². The molecule has 0 aliphatic rings. The molecule has 0 saturated carbocycles. The molecule has 0 unspecified atom stereocenters. The third-order valence-electron chi connectivity index (χ3n) is 1.87. The average molecular weight is 288 g/mol. The Balaban J connectivity index is 2.28. The quantitative estimate of drug-likeness (QED) is 0.451. The van der Waals surface area contributed by atoms with Gasteiger partial charge in [-0.3, -0.25) is 9.59 Å². The first-order valence-corrected chi connectivity index (χ1v) is 7.42. The third-order valence-corrected chi connectivity index (χ3v) is 3.84. The summed E-state index contributed by atoms with van der Waals surface area (Å²) < 4.78 is 0.671. The standard InChI is InChI=1S/C10H16N4O2S2/c1-3-4-5-11-8(16)6-17-10-14-13-9(18-10)12-7(2)15/h3-6H2,1-2H3,(H,11,16)(H,12,13,15). The molecule has 0 aliphatic carbocycles. The number of aromatic nitrogens is 2. The Morgan fingerprint density at radius 1 is 1.39 bits per heavy atom. The van der Waals surface area contributed by atoms with Crippen LogP contribution in [0.3, 0.4) is 0 Å². The lowest BCUT2D eigenvalue weighted by Gasteiger charge is -2.01. The summed E-state index contributed by atoms with van der Waals surface area (Å²) in [6.45, 7) is 4.20. The van der Waals surface area contributed by atoms with Gasteiger partial charge >= 0.3 is 0 Å². The van der Waals surface area contributed by atoms with E-state index in [9.17, 15) is 9.59 Å². The molecule has 6 nitrogen and oxygen atoms in total. The highest BCUT2D eigenvalue weighted by Crippen LogP contribution is 2.24. The topological polar surface area (TPSA) is 84.0 Å². The lowest BCUT2D eigenvalue weighted by atomic mass is 10.3. The molecule has 0 radical (unpaired) electrons. The van der Waals surface area contributed by atoms with E-state index in [4.69, 9.17) is 0 Å². The van der Waals surface area contributed by atoms with Gasteiger partial charge in [0.2, 0.25) is 16.9 Å². The van der Waals surface area contributed by atoms with Crippen LogP contribution in [-0.4, -0.2) is 34.3 Å². The SMILES string of the molecule is CCCCNC(=O)CSc1nnc(NC(C)=O)s1. The lowest BCUT2D eigenvalue weighted by molar-refractivity contribution is -0.118. The summed E-state index contributed by atoms with van der Waals surface area (Å²) in [5, 5.41) is 13.5. The van der Waals surface area contributed by atoms with Crippen molar-refractivity contribution in [1.29, 1.82) is 0 Å². The number of carbonyl (C=O) groups excluding carboxylic acids is 2. The molecule has 1 rings (SSSR count). The number of nitrogens with one attached hydrogen (secondary N) is 2. The fourth-order valence-electron chi connectivity index (χ4n) is 1.05. The Hall–Kier alpha value is -1.15. The number of thioether (sulfide) groups is 1. The molecule has 0 fully saturated rings. The highest BCUT2D eigenvalue weighted by atomic mass is 32.2. The molecule has 1 aromatic rings. The Kier molecular flexibility index (Phi) is 6.66. The van der Waals surface area contributed by atoms with Crippen molar-refractivity contribution in [2.75, 3.05) is 17.6 Å². The highest BCUT2D eigenvalue weighted by Gasteiger charge is 2.08. The van der Waals surface area contributed by atoms with E-state index in [0.29, 0.717) is 21.8 Å². The van der Waals surface area contributed by atoms with Crippen LogP contribution < -0.4 is 10.6 Å². The molecule has 1 heterocycles. The monoisotopic (exact) mass is 288 g/mol. The summed E-state index contributed by atoms with van der Waals surface area (Å²) in [5.74, 6) is 0.128. The minimum absolute atomic E-state index is 0.00951. The Bertz CT molecular complexity index is 408. The van der Waals surface area contributed by atoms with Gasteiger partial charge in [-0.2, -0.15) is 0 Å². The van der Waals surface area contributed by atoms with Gasteiger partial charge in [-0.15, -0.1) is 10.2 Å². The maximum atomic E-state index is 11.4. The van der Waals surface area contributed by atoms with Crippen LogP contribution in [0.5, 0.6) is 0 Å². The predicted octanol–water partition coefficient (Wildman–Crippen LogP) is 1.50. The number of hydrogen-bond donors (Lipinski definition) is 2. The van der Waals surface area contributed by atoms with Gasteiger partial charge in [0, 0.05) is 13.5 Å². The van der Waals surface area contributed by atoms with Gasteiger partial charge in [0.1, 0.15) is 0 Å². The van der Waals surface area contributed by atoms with E-state index in [1.807, 2.05) is 0 Å². The van der Waals surface area contributed by atoms with Crippen LogP contribution in [0.1, 0.15) is 26.7 Å². The lowest BCUT2D eigenvalue weighted by Crippen LogP contribution is -2.25. The molecule has 1 aromatic heterocycles. The predicted molar refractivity (Wildman–Crippen MR) is 72.9 cm³/mol. The van der Waals surface area contributed by atoms with E-state index in [1.165, 1.54) is 30.0 Å². The van der Waals surface area contributed by atoms with Gasteiger partial charge in [0.15, 0.2) is 4.34 Å². The molecule has 0 spiro atoms. The van der Waals surface area contributed by atoms with Crippen molar-refractivity contribution in [2.24, 2.45) is 0 Å².